The molecule has 4 rings (SSSR count). The van der Waals surface area contributed by atoms with E-state index in [4.69, 9.17) is 9.47 Å². The number of sulfonamides is 1. The minimum atomic E-state index is -3.56. The van der Waals surface area contributed by atoms with Crippen LogP contribution in [0.15, 0.2) is 42.5 Å². The lowest BCUT2D eigenvalue weighted by molar-refractivity contribution is -0.129. The van der Waals surface area contributed by atoms with Crippen molar-refractivity contribution in [2.75, 3.05) is 17.1 Å². The molecule has 8 heteroatoms. The van der Waals surface area contributed by atoms with Crippen LogP contribution < -0.4 is 19.1 Å². The van der Waals surface area contributed by atoms with Crippen LogP contribution in [0.1, 0.15) is 37.4 Å². The molecule has 2 atom stereocenters. The zero-order valence-electron chi connectivity index (χ0n) is 17.5. The normalized spacial score (nSPS) is 22.2. The average molecular weight is 431 g/mol. The van der Waals surface area contributed by atoms with Gasteiger partial charge in [0.25, 0.3) is 5.91 Å². The number of fused-ring (bicyclic) bond motifs is 2. The number of carbonyl (C=O) groups is 1. The van der Waals surface area contributed by atoms with Crippen LogP contribution in [0.3, 0.4) is 0 Å². The maximum Gasteiger partial charge on any atom is 0.263 e. The predicted molar refractivity (Wildman–Crippen MR) is 114 cm³/mol. The molecular formula is C22H26N2O5S. The molecule has 0 aliphatic carbocycles. The Kier molecular flexibility index (Phi) is 4.92. The minimum Gasteiger partial charge on any atom is -0.487 e. The van der Waals surface area contributed by atoms with Gasteiger partial charge in [-0.05, 0) is 44.5 Å². The van der Waals surface area contributed by atoms with Crippen molar-refractivity contribution < 1.29 is 22.7 Å². The predicted octanol–water partition coefficient (Wildman–Crippen LogP) is 2.94. The fraction of sp³-hybridized carbons (Fsp3) is 0.409. The van der Waals surface area contributed by atoms with Gasteiger partial charge in [0.05, 0.1) is 24.5 Å². The maximum atomic E-state index is 13.1. The highest BCUT2D eigenvalue weighted by Crippen LogP contribution is 2.40. The smallest absolute Gasteiger partial charge is 0.263 e. The molecule has 1 amide bonds. The van der Waals surface area contributed by atoms with Crippen LogP contribution in [0.4, 0.5) is 5.69 Å². The second-order valence-electron chi connectivity index (χ2n) is 8.54. The van der Waals surface area contributed by atoms with Gasteiger partial charge >= 0.3 is 0 Å². The van der Waals surface area contributed by atoms with E-state index in [1.54, 1.807) is 24.3 Å². The maximum absolute atomic E-state index is 13.1. The first-order valence-electron chi connectivity index (χ1n) is 9.87. The lowest BCUT2D eigenvalue weighted by Gasteiger charge is -2.39. The zero-order chi connectivity index (χ0) is 21.7. The van der Waals surface area contributed by atoms with E-state index in [1.165, 1.54) is 4.31 Å². The number of carbonyl (C=O) groups excluding carboxylic acids is 1. The van der Waals surface area contributed by atoms with Crippen molar-refractivity contribution in [1.82, 2.24) is 5.32 Å². The summed E-state index contributed by atoms with van der Waals surface area (Å²) in [4.78, 5) is 13.1. The number of anilines is 1. The number of amides is 1. The summed E-state index contributed by atoms with van der Waals surface area (Å²) in [6, 6.07) is 12.5. The molecule has 0 bridgehead atoms. The van der Waals surface area contributed by atoms with Gasteiger partial charge in [0, 0.05) is 12.0 Å². The Morgan fingerprint density at radius 1 is 1.17 bits per heavy atom. The Bertz CT molecular complexity index is 1100. The third-order valence-electron chi connectivity index (χ3n) is 5.37. The SMILES string of the molecule is Cc1ccc2c(c1)OC(C)(C)C[C@H]2NC(=O)[C@H]1CN(S(C)(=O)=O)c2ccccc2O1. The van der Waals surface area contributed by atoms with Crippen LogP contribution in [0.25, 0.3) is 0 Å². The second kappa shape index (κ2) is 7.19. The summed E-state index contributed by atoms with van der Waals surface area (Å²) in [5, 5.41) is 3.06. The Balaban J connectivity index is 1.60. The van der Waals surface area contributed by atoms with Gasteiger partial charge in [0.2, 0.25) is 10.0 Å². The van der Waals surface area contributed by atoms with E-state index in [0.717, 1.165) is 23.1 Å². The summed E-state index contributed by atoms with van der Waals surface area (Å²) in [6.45, 7) is 5.88. The largest absolute Gasteiger partial charge is 0.487 e. The molecule has 160 valence electrons. The molecule has 0 saturated heterocycles. The van der Waals surface area contributed by atoms with Crippen LogP contribution in [0, 0.1) is 6.92 Å². The van der Waals surface area contributed by atoms with Gasteiger partial charge in [-0.2, -0.15) is 0 Å². The highest BCUT2D eigenvalue weighted by Gasteiger charge is 2.39. The number of hydrogen-bond donors (Lipinski definition) is 1. The average Bonchev–Trinajstić information content (AvgIpc) is 2.65. The van der Waals surface area contributed by atoms with Crippen molar-refractivity contribution in [2.45, 2.75) is 44.9 Å². The number of benzene rings is 2. The third-order valence-corrected chi connectivity index (χ3v) is 6.52. The second-order valence-corrected chi connectivity index (χ2v) is 10.4. The number of hydrogen-bond acceptors (Lipinski definition) is 5. The number of ether oxygens (including phenoxy) is 2. The van der Waals surface area contributed by atoms with Crippen LogP contribution in [0.2, 0.25) is 0 Å². The van der Waals surface area contributed by atoms with Gasteiger partial charge in [-0.1, -0.05) is 24.3 Å². The standard InChI is InChI=1S/C22H26N2O5S/c1-14-9-10-15-16(12-22(2,3)29-19(15)11-14)23-21(25)20-13-24(30(4,26)27)17-7-5-6-8-18(17)28-20/h5-11,16,20H,12-13H2,1-4H3,(H,23,25)/t16-,20-/m1/s1. The molecule has 1 N–H and O–H groups in total. The molecule has 2 aliphatic heterocycles. The van der Waals surface area contributed by atoms with E-state index >= 15 is 0 Å². The first kappa shape index (κ1) is 20.5. The van der Waals surface area contributed by atoms with Crippen LogP contribution in [-0.2, 0) is 14.8 Å². The summed E-state index contributed by atoms with van der Waals surface area (Å²) < 4.78 is 37.8. The molecule has 2 heterocycles. The first-order valence-corrected chi connectivity index (χ1v) is 11.7. The Morgan fingerprint density at radius 2 is 1.90 bits per heavy atom. The molecule has 2 aromatic rings. The van der Waals surface area contributed by atoms with E-state index in [-0.39, 0.29) is 18.5 Å². The number of para-hydroxylation sites is 2. The van der Waals surface area contributed by atoms with Gasteiger partial charge in [0.15, 0.2) is 6.10 Å². The Labute approximate surface area is 177 Å². The molecule has 0 unspecified atom stereocenters. The first-order chi connectivity index (χ1) is 14.0. The Hall–Kier alpha value is -2.74. The van der Waals surface area contributed by atoms with Crippen molar-refractivity contribution in [3.63, 3.8) is 0 Å². The number of nitrogens with zero attached hydrogens (tertiary/aromatic N) is 1. The Morgan fingerprint density at radius 3 is 2.63 bits per heavy atom. The van der Waals surface area contributed by atoms with E-state index in [0.29, 0.717) is 17.9 Å². The van der Waals surface area contributed by atoms with Gasteiger partial charge < -0.3 is 14.8 Å². The summed E-state index contributed by atoms with van der Waals surface area (Å²) >= 11 is 0. The monoisotopic (exact) mass is 430 g/mol. The minimum absolute atomic E-state index is 0.0744. The highest BCUT2D eigenvalue weighted by atomic mass is 32.2. The zero-order valence-corrected chi connectivity index (χ0v) is 18.3. The number of nitrogens with one attached hydrogen (secondary N) is 1. The van der Waals surface area contributed by atoms with E-state index in [2.05, 4.69) is 5.32 Å². The van der Waals surface area contributed by atoms with Crippen molar-refractivity contribution >= 4 is 21.6 Å². The summed E-state index contributed by atoms with van der Waals surface area (Å²) in [5.74, 6) is 0.772. The van der Waals surface area contributed by atoms with Gasteiger partial charge in [-0.25, -0.2) is 8.42 Å². The molecule has 2 aromatic carbocycles. The van der Waals surface area contributed by atoms with Crippen LogP contribution in [-0.4, -0.2) is 38.8 Å². The van der Waals surface area contributed by atoms with E-state index < -0.39 is 21.7 Å². The molecule has 0 saturated carbocycles. The molecular weight excluding hydrogens is 404 g/mol. The van der Waals surface area contributed by atoms with Crippen molar-refractivity contribution in [2.24, 2.45) is 0 Å². The van der Waals surface area contributed by atoms with Gasteiger partial charge in [-0.3, -0.25) is 9.10 Å². The molecule has 0 radical (unpaired) electrons. The van der Waals surface area contributed by atoms with Gasteiger partial charge in [0.1, 0.15) is 17.1 Å². The van der Waals surface area contributed by atoms with E-state index in [9.17, 15) is 13.2 Å². The quantitative estimate of drug-likeness (QED) is 0.809. The molecule has 2 aliphatic rings. The molecule has 30 heavy (non-hydrogen) atoms. The lowest BCUT2D eigenvalue weighted by atomic mass is 9.89. The lowest BCUT2D eigenvalue weighted by Crippen LogP contribution is -2.52. The summed E-state index contributed by atoms with van der Waals surface area (Å²) in [5.41, 5.74) is 1.98. The highest BCUT2D eigenvalue weighted by molar-refractivity contribution is 7.92. The van der Waals surface area contributed by atoms with E-state index in [1.807, 2.05) is 39.0 Å². The van der Waals surface area contributed by atoms with Crippen molar-refractivity contribution in [1.29, 1.82) is 0 Å². The summed E-state index contributed by atoms with van der Waals surface area (Å²) in [6.07, 6.45) is 0.770. The molecule has 7 nitrogen and oxygen atoms in total. The molecule has 0 aromatic heterocycles. The number of aryl methyl sites for hydroxylation is 1. The molecule has 0 spiro atoms. The fourth-order valence-corrected chi connectivity index (χ4v) is 4.92. The van der Waals surface area contributed by atoms with Crippen molar-refractivity contribution in [3.05, 3.63) is 53.6 Å². The molecule has 0 fully saturated rings. The van der Waals surface area contributed by atoms with Crippen LogP contribution in [0.5, 0.6) is 11.5 Å². The van der Waals surface area contributed by atoms with Crippen molar-refractivity contribution in [3.8, 4) is 11.5 Å². The fourth-order valence-electron chi connectivity index (χ4n) is 4.00. The summed E-state index contributed by atoms with van der Waals surface area (Å²) in [7, 11) is -3.56. The topological polar surface area (TPSA) is 84.9 Å². The van der Waals surface area contributed by atoms with Crippen LogP contribution >= 0.6 is 0 Å². The third kappa shape index (κ3) is 3.96. The van der Waals surface area contributed by atoms with Gasteiger partial charge in [-0.15, -0.1) is 0 Å². The number of rotatable bonds is 3.